The van der Waals surface area contributed by atoms with Crippen LogP contribution in [-0.4, -0.2) is 130 Å². The number of ketones is 2. The summed E-state index contributed by atoms with van der Waals surface area (Å²) in [6.07, 6.45) is -9.37. The molecule has 7 rings (SSSR count). The smallest absolute Gasteiger partial charge is 0.242 e. The molecule has 17 heteroatoms. The Hall–Kier alpha value is -4.53. The minimum Gasteiger partial charge on any atom is -0.486 e. The molecule has 0 aromatic heterocycles. The van der Waals surface area contributed by atoms with E-state index in [-0.39, 0.29) is 77.9 Å². The van der Waals surface area contributed by atoms with E-state index in [2.05, 4.69) is 16.0 Å². The summed E-state index contributed by atoms with van der Waals surface area (Å²) < 4.78 is 18.2. The van der Waals surface area contributed by atoms with Gasteiger partial charge < -0.3 is 55.1 Å². The Labute approximate surface area is 309 Å². The molecule has 17 nitrogen and oxygen atoms in total. The highest BCUT2D eigenvalue weighted by Gasteiger charge is 2.47. The van der Waals surface area contributed by atoms with Crippen LogP contribution in [0.5, 0.6) is 11.5 Å². The molecule has 0 saturated carbocycles. The topological polar surface area (TPSA) is 266 Å². The van der Waals surface area contributed by atoms with Gasteiger partial charge in [-0.1, -0.05) is 42.5 Å². The number of nitrogens with zero attached hydrogens (tertiary/aromatic N) is 1. The zero-order chi connectivity index (χ0) is 38.3. The van der Waals surface area contributed by atoms with Crippen molar-refractivity contribution in [3.05, 3.63) is 88.0 Å². The number of para-hydroxylation sites is 1. The zero-order valence-corrected chi connectivity index (χ0v) is 29.0. The maximum Gasteiger partial charge on any atom is 0.242 e. The van der Waals surface area contributed by atoms with E-state index < -0.39 is 79.9 Å². The number of carbonyl (C=O) groups excluding carboxylic acids is 3. The highest BCUT2D eigenvalue weighted by Crippen LogP contribution is 2.49. The molecule has 3 heterocycles. The quantitative estimate of drug-likeness (QED) is 0.0747. The number of rotatable bonds is 12. The van der Waals surface area contributed by atoms with Gasteiger partial charge in [-0.05, 0) is 30.5 Å². The van der Waals surface area contributed by atoms with Gasteiger partial charge in [-0.3, -0.25) is 30.8 Å². The molecule has 3 aromatic carbocycles. The molecule has 0 spiro atoms. The van der Waals surface area contributed by atoms with Crippen molar-refractivity contribution in [3.8, 4) is 11.5 Å². The number of amides is 1. The Morgan fingerprint density at radius 2 is 1.59 bits per heavy atom. The van der Waals surface area contributed by atoms with E-state index in [1.165, 1.54) is 18.2 Å². The third kappa shape index (κ3) is 6.62. The van der Waals surface area contributed by atoms with Crippen molar-refractivity contribution in [1.29, 1.82) is 0 Å². The molecule has 54 heavy (non-hydrogen) atoms. The lowest BCUT2D eigenvalue weighted by Gasteiger charge is -2.40. The monoisotopic (exact) mass is 749 g/mol. The van der Waals surface area contributed by atoms with Gasteiger partial charge in [-0.2, -0.15) is 0 Å². The summed E-state index contributed by atoms with van der Waals surface area (Å²) >= 11 is 0. The van der Waals surface area contributed by atoms with Crippen LogP contribution in [0.15, 0.2) is 54.6 Å². The molecular weight excluding hydrogens is 706 g/mol. The summed E-state index contributed by atoms with van der Waals surface area (Å²) in [4.78, 5) is 43.3. The number of aliphatic hydroxyl groups excluding tert-OH is 6. The maximum absolute atomic E-state index is 14.2. The van der Waals surface area contributed by atoms with E-state index in [4.69, 9.17) is 19.9 Å². The average Bonchev–Trinajstić information content (AvgIpc) is 3.61. The molecule has 3 aromatic rings. The molecular formula is C37H43N5O12. The van der Waals surface area contributed by atoms with Crippen LogP contribution < -0.4 is 36.1 Å². The van der Waals surface area contributed by atoms with Gasteiger partial charge in [-0.15, -0.1) is 0 Å². The van der Waals surface area contributed by atoms with Gasteiger partial charge >= 0.3 is 0 Å². The van der Waals surface area contributed by atoms with Gasteiger partial charge in [0.1, 0.15) is 49.5 Å². The summed E-state index contributed by atoms with van der Waals surface area (Å²) in [7, 11) is 0. The van der Waals surface area contributed by atoms with Gasteiger partial charge in [0.25, 0.3) is 0 Å². The van der Waals surface area contributed by atoms with Crippen molar-refractivity contribution in [1.82, 2.24) is 16.0 Å². The van der Waals surface area contributed by atoms with Crippen LogP contribution in [0.2, 0.25) is 0 Å². The first kappa shape index (κ1) is 37.8. The zero-order valence-electron chi connectivity index (χ0n) is 29.0. The van der Waals surface area contributed by atoms with Crippen molar-refractivity contribution in [2.45, 2.75) is 68.0 Å². The Balaban J connectivity index is 1.45. The van der Waals surface area contributed by atoms with Gasteiger partial charge in [0.15, 0.2) is 23.1 Å². The van der Waals surface area contributed by atoms with Crippen LogP contribution in [0.4, 0.5) is 5.69 Å². The lowest BCUT2D eigenvalue weighted by atomic mass is 9.78. The number of fused-ring (bicyclic) bond motifs is 3. The number of hydrogen-bond donors (Lipinski definition) is 10. The Morgan fingerprint density at radius 3 is 2.31 bits per heavy atom. The third-order valence-corrected chi connectivity index (χ3v) is 10.3. The molecule has 1 amide bonds. The van der Waals surface area contributed by atoms with E-state index in [0.29, 0.717) is 11.3 Å². The highest BCUT2D eigenvalue weighted by atomic mass is 16.7. The summed E-state index contributed by atoms with van der Waals surface area (Å²) in [5.74, 6) is -2.52. The van der Waals surface area contributed by atoms with Gasteiger partial charge in [0, 0.05) is 40.5 Å². The van der Waals surface area contributed by atoms with Crippen LogP contribution in [0.1, 0.15) is 61.7 Å². The summed E-state index contributed by atoms with van der Waals surface area (Å²) in [6.45, 7) is -1.58. The number of nitrogens with two attached hydrogens (primary N) is 1. The number of hydrogen-bond acceptors (Lipinski definition) is 16. The number of carbonyl (C=O) groups is 3. The van der Waals surface area contributed by atoms with Crippen LogP contribution in [0.25, 0.3) is 0 Å². The fourth-order valence-corrected chi connectivity index (χ4v) is 7.70. The number of anilines is 1. The molecule has 4 aliphatic rings. The Kier molecular flexibility index (Phi) is 11.0. The number of aliphatic hydroxyl groups is 6. The average molecular weight is 750 g/mol. The van der Waals surface area contributed by atoms with E-state index in [1.807, 2.05) is 23.1 Å². The lowest BCUT2D eigenvalue weighted by Crippen LogP contribution is -2.70. The predicted octanol–water partition coefficient (Wildman–Crippen LogP) is -2.06. The normalized spacial score (nSPS) is 28.2. The molecule has 9 atom stereocenters. The van der Waals surface area contributed by atoms with Crippen LogP contribution >= 0.6 is 0 Å². The second-order valence-electron chi connectivity index (χ2n) is 13.5. The Bertz CT molecular complexity index is 1910. The minimum absolute atomic E-state index is 0.0197. The van der Waals surface area contributed by atoms with Gasteiger partial charge in [-0.25, -0.2) is 0 Å². The molecule has 0 radical (unpaired) electrons. The van der Waals surface area contributed by atoms with Crippen molar-refractivity contribution in [2.75, 3.05) is 38.0 Å². The summed E-state index contributed by atoms with van der Waals surface area (Å²) in [6, 6.07) is 14.4. The first-order chi connectivity index (χ1) is 26.1. The molecule has 0 bridgehead atoms. The van der Waals surface area contributed by atoms with E-state index >= 15 is 0 Å². The van der Waals surface area contributed by atoms with E-state index in [0.717, 1.165) is 0 Å². The van der Waals surface area contributed by atoms with Crippen LogP contribution in [0.3, 0.4) is 0 Å². The van der Waals surface area contributed by atoms with Crippen molar-refractivity contribution >= 4 is 23.2 Å². The van der Waals surface area contributed by atoms with Crippen molar-refractivity contribution in [2.24, 2.45) is 5.73 Å². The summed E-state index contributed by atoms with van der Waals surface area (Å²) in [5.41, 5.74) is 7.74. The molecule has 288 valence electrons. The molecule has 11 N–H and O–H groups in total. The standard InChI is InChI=1S/C37H43N5O12/c38-37-40-34-26(35(51)41-37)39-16-42(34)23-10-4-3-6-18(23)17(9-5-11-43)21-14-22-25(28(47)20-8-2-1-7-19(20)27(22)46)33(52-13-12-44)32(21)54-36-31(50)30(49)29(48)24(15-45)53-36/h1-4,6-8,10,14,17,24,26,29-31,34,36-37,39-40,43-45,48-50H,5,9,11-13,15-16,38H2,(H,41,51). The molecule has 3 fully saturated rings. The predicted molar refractivity (Wildman–Crippen MR) is 189 cm³/mol. The van der Waals surface area contributed by atoms with Crippen LogP contribution in [0, 0.1) is 0 Å². The SMILES string of the molecule is NC1NC(=O)C2NCN(c3ccccc3C(CCCO)c3cc4c(c(OCCO)c3OC3OC(CO)C(O)C(O)C3O)C(=O)c3ccccc3C4=O)C2N1. The minimum atomic E-state index is -1.86. The van der Waals surface area contributed by atoms with Crippen molar-refractivity contribution < 1.29 is 59.2 Å². The summed E-state index contributed by atoms with van der Waals surface area (Å²) in [5, 5.41) is 71.3. The maximum atomic E-state index is 14.2. The fourth-order valence-electron chi connectivity index (χ4n) is 7.70. The Morgan fingerprint density at radius 1 is 0.870 bits per heavy atom. The second kappa shape index (κ2) is 15.7. The fraction of sp³-hybridized carbons (Fsp3) is 0.432. The van der Waals surface area contributed by atoms with E-state index in [1.54, 1.807) is 18.2 Å². The van der Waals surface area contributed by atoms with Crippen LogP contribution in [-0.2, 0) is 9.53 Å². The molecule has 3 saturated heterocycles. The first-order valence-electron chi connectivity index (χ1n) is 17.7. The third-order valence-electron chi connectivity index (χ3n) is 10.3. The number of nitrogens with one attached hydrogen (secondary N) is 3. The number of ether oxygens (including phenoxy) is 3. The molecule has 3 aliphatic heterocycles. The molecule has 1 aliphatic carbocycles. The second-order valence-corrected chi connectivity index (χ2v) is 13.5. The largest absolute Gasteiger partial charge is 0.486 e. The van der Waals surface area contributed by atoms with Crippen molar-refractivity contribution in [3.63, 3.8) is 0 Å². The molecule has 9 unspecified atom stereocenters. The highest BCUT2D eigenvalue weighted by molar-refractivity contribution is 6.29. The first-order valence-corrected chi connectivity index (χ1v) is 17.7. The lowest BCUT2D eigenvalue weighted by molar-refractivity contribution is -0.277. The van der Waals surface area contributed by atoms with E-state index in [9.17, 15) is 45.0 Å². The van der Waals surface area contributed by atoms with Gasteiger partial charge in [0.2, 0.25) is 12.2 Å². The number of benzene rings is 3. The van der Waals surface area contributed by atoms with Gasteiger partial charge in [0.05, 0.1) is 25.4 Å².